The number of cyclic esters (lactones) is 1. The van der Waals surface area contributed by atoms with E-state index in [2.05, 4.69) is 30.8 Å². The number of rotatable bonds is 6. The predicted molar refractivity (Wildman–Crippen MR) is 106 cm³/mol. The molecule has 0 aromatic heterocycles. The van der Waals surface area contributed by atoms with Crippen LogP contribution in [0.3, 0.4) is 0 Å². The van der Waals surface area contributed by atoms with Crippen molar-refractivity contribution in [3.05, 3.63) is 84.0 Å². The first-order valence-corrected chi connectivity index (χ1v) is 9.43. The fraction of sp³-hybridized carbons (Fsp3) is 0.292. The molecule has 2 aromatic carbocycles. The van der Waals surface area contributed by atoms with Crippen LogP contribution in [0.15, 0.2) is 72.8 Å². The molecule has 4 rings (SSSR count). The largest absolute Gasteiger partial charge is 0.490 e. The molecule has 1 saturated carbocycles. The lowest BCUT2D eigenvalue weighted by atomic mass is 9.75. The van der Waals surface area contributed by atoms with E-state index in [4.69, 9.17) is 9.47 Å². The van der Waals surface area contributed by atoms with Crippen LogP contribution in [0.4, 0.5) is 0 Å². The smallest absolute Gasteiger partial charge is 0.313 e. The monoisotopic (exact) mass is 360 g/mol. The number of fused-ring (bicyclic) bond motifs is 1. The number of hydrogen-bond donors (Lipinski definition) is 0. The normalized spacial score (nSPS) is 24.2. The van der Waals surface area contributed by atoms with Gasteiger partial charge in [0.05, 0.1) is 12.0 Å². The van der Waals surface area contributed by atoms with Crippen molar-refractivity contribution in [3.63, 3.8) is 0 Å². The SMILES string of the molecule is C=C1CC2COC(=O)C2(Cc2ccc(OC/C=C/c3ccccc3)cc2)C1. The molecule has 2 aromatic rings. The van der Waals surface area contributed by atoms with Gasteiger partial charge < -0.3 is 9.47 Å². The Morgan fingerprint density at radius 1 is 1.15 bits per heavy atom. The van der Waals surface area contributed by atoms with Crippen molar-refractivity contribution >= 4 is 12.0 Å². The molecule has 1 heterocycles. The molecule has 27 heavy (non-hydrogen) atoms. The van der Waals surface area contributed by atoms with Crippen molar-refractivity contribution < 1.29 is 14.3 Å². The Kier molecular flexibility index (Phi) is 4.85. The molecular weight excluding hydrogens is 336 g/mol. The zero-order chi connectivity index (χ0) is 18.7. The first kappa shape index (κ1) is 17.6. The number of hydrogen-bond acceptors (Lipinski definition) is 3. The summed E-state index contributed by atoms with van der Waals surface area (Å²) in [6.45, 7) is 5.16. The molecule has 3 heteroatoms. The molecule has 2 atom stereocenters. The summed E-state index contributed by atoms with van der Waals surface area (Å²) >= 11 is 0. The van der Waals surface area contributed by atoms with Gasteiger partial charge in [0, 0.05) is 5.92 Å². The highest BCUT2D eigenvalue weighted by Gasteiger charge is 2.55. The van der Waals surface area contributed by atoms with Crippen LogP contribution in [0.1, 0.15) is 24.0 Å². The van der Waals surface area contributed by atoms with Crippen LogP contribution in [0.5, 0.6) is 5.75 Å². The molecule has 2 fully saturated rings. The van der Waals surface area contributed by atoms with Crippen LogP contribution < -0.4 is 4.74 Å². The molecule has 0 bridgehead atoms. The van der Waals surface area contributed by atoms with E-state index in [0.29, 0.717) is 19.6 Å². The molecule has 3 nitrogen and oxygen atoms in total. The van der Waals surface area contributed by atoms with E-state index < -0.39 is 5.41 Å². The summed E-state index contributed by atoms with van der Waals surface area (Å²) in [6.07, 6.45) is 6.42. The minimum atomic E-state index is -0.405. The average Bonchev–Trinajstić information content (AvgIpc) is 3.15. The van der Waals surface area contributed by atoms with Gasteiger partial charge in [0.2, 0.25) is 0 Å². The molecule has 138 valence electrons. The number of carbonyl (C=O) groups is 1. The molecule has 1 aliphatic carbocycles. The summed E-state index contributed by atoms with van der Waals surface area (Å²) in [5.41, 5.74) is 3.06. The Balaban J connectivity index is 1.36. The first-order chi connectivity index (χ1) is 13.2. The third-order valence-corrected chi connectivity index (χ3v) is 5.60. The Morgan fingerprint density at radius 2 is 1.93 bits per heavy atom. The van der Waals surface area contributed by atoms with Crippen molar-refractivity contribution in [3.8, 4) is 5.75 Å². The van der Waals surface area contributed by atoms with E-state index in [-0.39, 0.29) is 11.9 Å². The quantitative estimate of drug-likeness (QED) is 0.547. The van der Waals surface area contributed by atoms with E-state index in [1.807, 2.05) is 42.5 Å². The average molecular weight is 360 g/mol. The maximum absolute atomic E-state index is 12.4. The van der Waals surface area contributed by atoms with Crippen molar-refractivity contribution in [2.24, 2.45) is 11.3 Å². The van der Waals surface area contributed by atoms with Crippen LogP contribution in [0, 0.1) is 11.3 Å². The Hall–Kier alpha value is -2.81. The molecular formula is C24H24O3. The lowest BCUT2D eigenvalue weighted by molar-refractivity contribution is -0.146. The van der Waals surface area contributed by atoms with E-state index in [1.165, 1.54) is 5.57 Å². The minimum Gasteiger partial charge on any atom is -0.490 e. The summed E-state index contributed by atoms with van der Waals surface area (Å²) in [7, 11) is 0. The zero-order valence-corrected chi connectivity index (χ0v) is 15.4. The lowest BCUT2D eigenvalue weighted by Gasteiger charge is -2.24. The standard InChI is InChI=1S/C24H24O3/c1-18-14-21-17-27-23(25)24(21,15-18)16-20-9-11-22(12-10-20)26-13-5-8-19-6-3-2-4-7-19/h2-12,21H,1,13-17H2/b8-5+. The predicted octanol–water partition coefficient (Wildman–Crippen LogP) is 4.83. The Bertz CT molecular complexity index is 851. The van der Waals surface area contributed by atoms with Gasteiger partial charge in [-0.2, -0.15) is 0 Å². The van der Waals surface area contributed by atoms with Gasteiger partial charge in [-0.1, -0.05) is 60.7 Å². The number of ether oxygens (including phenoxy) is 2. The third kappa shape index (κ3) is 3.68. The van der Waals surface area contributed by atoms with Gasteiger partial charge in [-0.25, -0.2) is 0 Å². The minimum absolute atomic E-state index is 0.0578. The van der Waals surface area contributed by atoms with Gasteiger partial charge in [-0.15, -0.1) is 0 Å². The maximum atomic E-state index is 12.4. The van der Waals surface area contributed by atoms with Crippen LogP contribution in [-0.2, 0) is 16.0 Å². The van der Waals surface area contributed by atoms with Crippen molar-refractivity contribution in [1.29, 1.82) is 0 Å². The van der Waals surface area contributed by atoms with E-state index in [9.17, 15) is 4.79 Å². The fourth-order valence-corrected chi connectivity index (χ4v) is 4.22. The summed E-state index contributed by atoms with van der Waals surface area (Å²) in [5, 5.41) is 0. The summed E-state index contributed by atoms with van der Waals surface area (Å²) in [6, 6.07) is 18.2. The van der Waals surface area contributed by atoms with Gasteiger partial charge in [-0.05, 0) is 48.6 Å². The molecule has 1 aliphatic heterocycles. The van der Waals surface area contributed by atoms with Crippen molar-refractivity contribution in [2.45, 2.75) is 19.3 Å². The van der Waals surface area contributed by atoms with Gasteiger partial charge >= 0.3 is 5.97 Å². The molecule has 0 N–H and O–H groups in total. The van der Waals surface area contributed by atoms with Gasteiger partial charge in [-0.3, -0.25) is 4.79 Å². The van der Waals surface area contributed by atoms with Gasteiger partial charge in [0.1, 0.15) is 12.4 Å². The third-order valence-electron chi connectivity index (χ3n) is 5.60. The summed E-state index contributed by atoms with van der Waals surface area (Å²) in [4.78, 5) is 12.4. The highest BCUT2D eigenvalue weighted by atomic mass is 16.5. The number of carbonyl (C=O) groups excluding carboxylic acids is 1. The molecule has 1 saturated heterocycles. The molecule has 2 aliphatic rings. The molecule has 0 spiro atoms. The van der Waals surface area contributed by atoms with Crippen molar-refractivity contribution in [1.82, 2.24) is 0 Å². The number of benzene rings is 2. The van der Waals surface area contributed by atoms with E-state index >= 15 is 0 Å². The number of allylic oxidation sites excluding steroid dienone is 1. The molecule has 0 radical (unpaired) electrons. The summed E-state index contributed by atoms with van der Waals surface area (Å²) in [5.74, 6) is 1.05. The van der Waals surface area contributed by atoms with Crippen LogP contribution >= 0.6 is 0 Å². The zero-order valence-electron chi connectivity index (χ0n) is 15.4. The second kappa shape index (κ2) is 7.43. The maximum Gasteiger partial charge on any atom is 0.313 e. The summed E-state index contributed by atoms with van der Waals surface area (Å²) < 4.78 is 11.1. The highest BCUT2D eigenvalue weighted by molar-refractivity contribution is 5.81. The second-order valence-electron chi connectivity index (χ2n) is 7.53. The van der Waals surface area contributed by atoms with Crippen LogP contribution in [0.25, 0.3) is 6.08 Å². The second-order valence-corrected chi connectivity index (χ2v) is 7.53. The topological polar surface area (TPSA) is 35.5 Å². The Morgan fingerprint density at radius 3 is 2.70 bits per heavy atom. The first-order valence-electron chi connectivity index (χ1n) is 9.43. The number of esters is 1. The van der Waals surface area contributed by atoms with Gasteiger partial charge in [0.25, 0.3) is 0 Å². The van der Waals surface area contributed by atoms with Crippen LogP contribution in [0.2, 0.25) is 0 Å². The van der Waals surface area contributed by atoms with E-state index in [0.717, 1.165) is 29.7 Å². The van der Waals surface area contributed by atoms with E-state index in [1.54, 1.807) is 0 Å². The lowest BCUT2D eigenvalue weighted by Crippen LogP contribution is -2.31. The van der Waals surface area contributed by atoms with Crippen molar-refractivity contribution in [2.75, 3.05) is 13.2 Å². The van der Waals surface area contributed by atoms with Gasteiger partial charge in [0.15, 0.2) is 0 Å². The fourth-order valence-electron chi connectivity index (χ4n) is 4.22. The van der Waals surface area contributed by atoms with Crippen LogP contribution in [-0.4, -0.2) is 19.2 Å². The molecule has 0 amide bonds. The highest BCUT2D eigenvalue weighted by Crippen LogP contribution is 2.52. The molecule has 2 unspecified atom stereocenters. The Labute approximate surface area is 160 Å².